The van der Waals surface area contributed by atoms with E-state index in [0.29, 0.717) is 26.2 Å². The molecule has 8 heteroatoms. The fraction of sp³-hybridized carbons (Fsp3) is 0.545. The lowest BCUT2D eigenvalue weighted by atomic mass is 10.1. The maximum atomic E-state index is 13.2. The molecule has 1 fully saturated rings. The van der Waals surface area contributed by atoms with Gasteiger partial charge in [-0.2, -0.15) is 0 Å². The summed E-state index contributed by atoms with van der Waals surface area (Å²) in [6, 6.07) is 0. The summed E-state index contributed by atoms with van der Waals surface area (Å²) in [5.74, 6) is -1.16. The lowest BCUT2D eigenvalue weighted by Gasteiger charge is -2.29. The first-order valence-corrected chi connectivity index (χ1v) is 5.84. The quantitative estimate of drug-likeness (QED) is 0.818. The fourth-order valence-corrected chi connectivity index (χ4v) is 1.86. The zero-order chi connectivity index (χ0) is 13.8. The van der Waals surface area contributed by atoms with Crippen molar-refractivity contribution in [2.75, 3.05) is 31.1 Å². The zero-order valence-electron chi connectivity index (χ0n) is 10.0. The van der Waals surface area contributed by atoms with Crippen molar-refractivity contribution in [2.24, 2.45) is 0 Å². The molecule has 1 aliphatic rings. The van der Waals surface area contributed by atoms with Crippen LogP contribution >= 0.6 is 0 Å². The van der Waals surface area contributed by atoms with E-state index < -0.39 is 18.4 Å². The second-order valence-corrected chi connectivity index (χ2v) is 4.07. The van der Waals surface area contributed by atoms with Gasteiger partial charge in [0.1, 0.15) is 0 Å². The first kappa shape index (κ1) is 13.7. The van der Waals surface area contributed by atoms with Gasteiger partial charge in [-0.3, -0.25) is 4.79 Å². The number of rotatable bonds is 4. The number of ketones is 1. The molecular formula is C11H13F3N4O. The summed E-state index contributed by atoms with van der Waals surface area (Å²) in [6.07, 6.45) is -3.68. The Kier molecular flexibility index (Phi) is 4.31. The third-order valence-electron chi connectivity index (χ3n) is 2.80. The Morgan fingerprint density at radius 1 is 1.21 bits per heavy atom. The minimum absolute atomic E-state index is 0.164. The largest absolute Gasteiger partial charge is 0.352 e. The van der Waals surface area contributed by atoms with Crippen LogP contribution in [-0.4, -0.2) is 54.5 Å². The fourth-order valence-electron chi connectivity index (χ4n) is 1.86. The van der Waals surface area contributed by atoms with Gasteiger partial charge in [-0.1, -0.05) is 0 Å². The van der Waals surface area contributed by atoms with Crippen LogP contribution in [0.25, 0.3) is 0 Å². The zero-order valence-corrected chi connectivity index (χ0v) is 10.0. The van der Waals surface area contributed by atoms with E-state index >= 15 is 0 Å². The number of piperazine rings is 1. The molecule has 5 nitrogen and oxygen atoms in total. The normalized spacial score (nSPS) is 17.6. The number of halogens is 3. The number of nitrogens with zero attached hydrogens (tertiary/aromatic N) is 3. The van der Waals surface area contributed by atoms with E-state index in [0.717, 1.165) is 0 Å². The van der Waals surface area contributed by atoms with Gasteiger partial charge in [0.15, 0.2) is 11.5 Å². The lowest BCUT2D eigenvalue weighted by Crippen LogP contribution is -2.44. The van der Waals surface area contributed by atoms with Crippen LogP contribution < -0.4 is 10.2 Å². The molecule has 1 saturated heterocycles. The number of hydrogen-bond donors (Lipinski definition) is 1. The van der Waals surface area contributed by atoms with Crippen molar-refractivity contribution < 1.29 is 18.0 Å². The minimum atomic E-state index is -3.36. The smallest absolute Gasteiger partial charge is 0.276 e. The van der Waals surface area contributed by atoms with E-state index in [1.54, 1.807) is 4.90 Å². The summed E-state index contributed by atoms with van der Waals surface area (Å²) in [6.45, 7) is 2.48. The van der Waals surface area contributed by atoms with Crippen molar-refractivity contribution in [3.63, 3.8) is 0 Å². The van der Waals surface area contributed by atoms with Crippen LogP contribution in [0.4, 0.5) is 19.0 Å². The molecule has 1 aliphatic heterocycles. The molecule has 2 heterocycles. The maximum absolute atomic E-state index is 13.2. The molecule has 1 atom stereocenters. The van der Waals surface area contributed by atoms with Gasteiger partial charge in [0, 0.05) is 38.6 Å². The van der Waals surface area contributed by atoms with Gasteiger partial charge in [0.05, 0.1) is 0 Å². The molecule has 0 aliphatic carbocycles. The van der Waals surface area contributed by atoms with Crippen molar-refractivity contribution >= 4 is 11.6 Å². The summed E-state index contributed by atoms with van der Waals surface area (Å²) in [7, 11) is 0. The van der Waals surface area contributed by atoms with Gasteiger partial charge in [0.2, 0.25) is 12.0 Å². The van der Waals surface area contributed by atoms with E-state index in [2.05, 4.69) is 15.3 Å². The molecule has 1 unspecified atom stereocenters. The number of anilines is 1. The third-order valence-corrected chi connectivity index (χ3v) is 2.80. The van der Waals surface area contributed by atoms with Gasteiger partial charge in [-0.05, 0) is 0 Å². The van der Waals surface area contributed by atoms with Crippen LogP contribution in [0.5, 0.6) is 0 Å². The Morgan fingerprint density at radius 2 is 1.84 bits per heavy atom. The average molecular weight is 274 g/mol. The number of hydrogen-bond acceptors (Lipinski definition) is 5. The molecule has 19 heavy (non-hydrogen) atoms. The highest BCUT2D eigenvalue weighted by Gasteiger charge is 2.33. The molecule has 0 radical (unpaired) electrons. The van der Waals surface area contributed by atoms with Gasteiger partial charge in [-0.25, -0.2) is 23.1 Å². The first-order chi connectivity index (χ1) is 9.11. The second kappa shape index (κ2) is 5.96. The average Bonchev–Trinajstić information content (AvgIpc) is 2.46. The Morgan fingerprint density at radius 3 is 2.47 bits per heavy atom. The van der Waals surface area contributed by atoms with Gasteiger partial charge >= 0.3 is 0 Å². The Balaban J connectivity index is 2.27. The number of aromatic nitrogens is 2. The predicted octanol–water partition coefficient (Wildman–Crippen LogP) is 0.672. The molecule has 2 rings (SSSR count). The number of nitrogens with one attached hydrogen (secondary N) is 1. The van der Waals surface area contributed by atoms with Gasteiger partial charge in [-0.15, -0.1) is 0 Å². The second-order valence-electron chi connectivity index (χ2n) is 4.07. The topological polar surface area (TPSA) is 58.1 Å². The third kappa shape index (κ3) is 3.01. The Labute approximate surface area is 107 Å². The van der Waals surface area contributed by atoms with E-state index in [9.17, 15) is 18.0 Å². The summed E-state index contributed by atoms with van der Waals surface area (Å²) in [5, 5.41) is 3.11. The minimum Gasteiger partial charge on any atom is -0.352 e. The van der Waals surface area contributed by atoms with Crippen LogP contribution in [-0.2, 0) is 0 Å². The van der Waals surface area contributed by atoms with Crippen LogP contribution in [0.15, 0.2) is 12.4 Å². The SMILES string of the molecule is O=C(c1nccnc1N1CCNCC1)C(F)C(F)F. The Bertz CT molecular complexity index is 451. The van der Waals surface area contributed by atoms with Gasteiger partial charge in [0.25, 0.3) is 6.43 Å². The number of carbonyl (C=O) groups is 1. The molecule has 1 aromatic heterocycles. The van der Waals surface area contributed by atoms with Crippen molar-refractivity contribution in [1.82, 2.24) is 15.3 Å². The van der Waals surface area contributed by atoms with E-state index in [-0.39, 0.29) is 11.5 Å². The van der Waals surface area contributed by atoms with E-state index in [4.69, 9.17) is 0 Å². The number of alkyl halides is 3. The van der Waals surface area contributed by atoms with E-state index in [1.165, 1.54) is 12.4 Å². The van der Waals surface area contributed by atoms with Crippen LogP contribution in [0.1, 0.15) is 10.5 Å². The highest BCUT2D eigenvalue weighted by molar-refractivity contribution is 6.01. The highest BCUT2D eigenvalue weighted by Crippen LogP contribution is 2.20. The standard InChI is InChI=1S/C11H13F3N4O/c12-7(10(13)14)9(19)8-11(17-2-1-16-8)18-5-3-15-4-6-18/h1-2,7,10,15H,3-6H2. The summed E-state index contributed by atoms with van der Waals surface area (Å²) in [5.41, 5.74) is -0.336. The molecule has 0 amide bonds. The van der Waals surface area contributed by atoms with Crippen molar-refractivity contribution in [2.45, 2.75) is 12.6 Å². The summed E-state index contributed by atoms with van der Waals surface area (Å²) >= 11 is 0. The first-order valence-electron chi connectivity index (χ1n) is 5.84. The summed E-state index contributed by atoms with van der Waals surface area (Å²) < 4.78 is 37.7. The van der Waals surface area contributed by atoms with Crippen molar-refractivity contribution in [3.8, 4) is 0 Å². The molecule has 0 spiro atoms. The molecular weight excluding hydrogens is 261 g/mol. The molecule has 0 saturated carbocycles. The molecule has 0 aromatic carbocycles. The van der Waals surface area contributed by atoms with Crippen molar-refractivity contribution in [3.05, 3.63) is 18.1 Å². The van der Waals surface area contributed by atoms with Crippen LogP contribution in [0, 0.1) is 0 Å². The summed E-state index contributed by atoms with van der Waals surface area (Å²) in [4.78, 5) is 21.1. The Hall–Kier alpha value is -1.70. The van der Waals surface area contributed by atoms with Crippen molar-refractivity contribution in [1.29, 1.82) is 0 Å². The predicted molar refractivity (Wildman–Crippen MR) is 62.3 cm³/mol. The molecule has 104 valence electrons. The molecule has 1 aromatic rings. The van der Waals surface area contributed by atoms with Crippen LogP contribution in [0.3, 0.4) is 0 Å². The highest BCUT2D eigenvalue weighted by atomic mass is 19.3. The lowest BCUT2D eigenvalue weighted by molar-refractivity contribution is 0.0407. The molecule has 1 N–H and O–H groups in total. The molecule has 0 bridgehead atoms. The van der Waals surface area contributed by atoms with Gasteiger partial charge < -0.3 is 10.2 Å². The number of Topliss-reactive ketones (excluding diaryl/α,β-unsaturated/α-hetero) is 1. The maximum Gasteiger partial charge on any atom is 0.276 e. The number of carbonyl (C=O) groups excluding carboxylic acids is 1. The van der Waals surface area contributed by atoms with Crippen LogP contribution in [0.2, 0.25) is 0 Å². The monoisotopic (exact) mass is 274 g/mol. The van der Waals surface area contributed by atoms with E-state index in [1.807, 2.05) is 0 Å².